The van der Waals surface area contributed by atoms with Crippen molar-refractivity contribution in [2.24, 2.45) is 5.41 Å². The van der Waals surface area contributed by atoms with E-state index in [2.05, 4.69) is 5.32 Å². The van der Waals surface area contributed by atoms with Crippen LogP contribution in [0.3, 0.4) is 0 Å². The van der Waals surface area contributed by atoms with E-state index in [0.29, 0.717) is 50.8 Å². The Balaban J connectivity index is 1.86. The molecule has 0 fully saturated rings. The third kappa shape index (κ3) is 12.0. The summed E-state index contributed by atoms with van der Waals surface area (Å²) in [5.41, 5.74) is 0.783. The van der Waals surface area contributed by atoms with Gasteiger partial charge in [0, 0.05) is 26.1 Å². The Morgan fingerprint density at radius 2 is 1.57 bits per heavy atom. The number of carbonyl (C=O) groups is 2. The lowest BCUT2D eigenvalue weighted by atomic mass is 9.97. The summed E-state index contributed by atoms with van der Waals surface area (Å²) in [6.45, 7) is 10.3. The van der Waals surface area contributed by atoms with Gasteiger partial charge in [-0.05, 0) is 60.7 Å². The molecule has 37 heavy (non-hydrogen) atoms. The Morgan fingerprint density at radius 3 is 2.14 bits per heavy atom. The molecular weight excluding hydrogens is 479 g/mol. The second kappa shape index (κ2) is 15.0. The first kappa shape index (κ1) is 29.9. The normalized spacial score (nSPS) is 12.0. The smallest absolute Gasteiger partial charge is 0.333 e. The van der Waals surface area contributed by atoms with Crippen LogP contribution < -0.4 is 14.8 Å². The number of rotatable bonds is 15. The molecule has 204 valence electrons. The third-order valence-corrected chi connectivity index (χ3v) is 5.33. The quantitative estimate of drug-likeness (QED) is 0.330. The van der Waals surface area contributed by atoms with Crippen molar-refractivity contribution in [2.45, 2.75) is 46.6 Å². The molecule has 2 aromatic rings. The average molecular weight is 519 g/mol. The van der Waals surface area contributed by atoms with Gasteiger partial charge in [0.15, 0.2) is 6.10 Å². The van der Waals surface area contributed by atoms with Crippen LogP contribution in [-0.2, 0) is 16.0 Å². The number of carbonyl (C=O) groups excluding carboxylic acids is 1. The van der Waals surface area contributed by atoms with E-state index in [1.807, 2.05) is 32.9 Å². The maximum Gasteiger partial charge on any atom is 0.333 e. The van der Waals surface area contributed by atoms with Gasteiger partial charge >= 0.3 is 12.0 Å². The molecule has 0 aliphatic heterocycles. The maximum absolute atomic E-state index is 13.0. The molecule has 0 bridgehead atoms. The van der Waals surface area contributed by atoms with Gasteiger partial charge in [0.05, 0.1) is 13.2 Å². The average Bonchev–Trinajstić information content (AvgIpc) is 2.85. The van der Waals surface area contributed by atoms with Gasteiger partial charge in [-0.3, -0.25) is 0 Å². The molecule has 0 saturated carbocycles. The minimum atomic E-state index is -0.991. The molecule has 1 unspecified atom stereocenters. The largest absolute Gasteiger partial charge is 0.494 e. The van der Waals surface area contributed by atoms with Crippen LogP contribution in [-0.4, -0.2) is 67.6 Å². The summed E-state index contributed by atoms with van der Waals surface area (Å²) in [6, 6.07) is 12.8. The zero-order valence-corrected chi connectivity index (χ0v) is 22.2. The summed E-state index contributed by atoms with van der Waals surface area (Å²) < 4.78 is 29.8. The SMILES string of the molecule is CCOC(Cc1ccc(OCCN(CCCOc2ccc(F)cc2)C(=O)NCC(C)(C)C)cc1)C(=O)O. The van der Waals surface area contributed by atoms with Gasteiger partial charge in [0.2, 0.25) is 0 Å². The second-order valence-corrected chi connectivity index (χ2v) is 9.84. The monoisotopic (exact) mass is 518 g/mol. The number of aliphatic carboxylic acids is 1. The van der Waals surface area contributed by atoms with Crippen molar-refractivity contribution in [1.29, 1.82) is 0 Å². The molecule has 0 radical (unpaired) electrons. The van der Waals surface area contributed by atoms with E-state index in [-0.39, 0.29) is 30.3 Å². The van der Waals surface area contributed by atoms with E-state index in [0.717, 1.165) is 5.56 Å². The standard InChI is InChI=1S/C28H39FN2O6/c1-5-35-25(26(32)33)19-21-7-11-23(12-8-21)37-18-16-31(27(34)30-20-28(2,3)4)15-6-17-36-24-13-9-22(29)10-14-24/h7-14,25H,5-6,15-20H2,1-4H3,(H,30,34)(H,32,33). The number of hydrogen-bond acceptors (Lipinski definition) is 5. The minimum Gasteiger partial charge on any atom is -0.494 e. The molecule has 0 spiro atoms. The molecule has 0 aliphatic rings. The van der Waals surface area contributed by atoms with Crippen LogP contribution in [0.4, 0.5) is 9.18 Å². The number of urea groups is 1. The molecule has 0 aliphatic carbocycles. The number of amides is 2. The molecule has 2 rings (SSSR count). The Bertz CT molecular complexity index is 960. The lowest BCUT2D eigenvalue weighted by molar-refractivity contribution is -0.149. The van der Waals surface area contributed by atoms with Gasteiger partial charge in [-0.25, -0.2) is 14.0 Å². The first-order chi connectivity index (χ1) is 17.6. The number of carboxylic acids is 1. The first-order valence-electron chi connectivity index (χ1n) is 12.5. The molecule has 0 aromatic heterocycles. The van der Waals surface area contributed by atoms with Crippen molar-refractivity contribution in [3.8, 4) is 11.5 Å². The van der Waals surface area contributed by atoms with Crippen molar-refractivity contribution < 1.29 is 33.3 Å². The third-order valence-electron chi connectivity index (χ3n) is 5.33. The van der Waals surface area contributed by atoms with Crippen LogP contribution in [0.1, 0.15) is 39.7 Å². The zero-order chi connectivity index (χ0) is 27.3. The maximum atomic E-state index is 13.0. The van der Waals surface area contributed by atoms with E-state index in [1.165, 1.54) is 12.1 Å². The number of ether oxygens (including phenoxy) is 3. The molecule has 9 heteroatoms. The Labute approximate surface area is 218 Å². The molecule has 2 aromatic carbocycles. The fraction of sp³-hybridized carbons (Fsp3) is 0.500. The highest BCUT2D eigenvalue weighted by Crippen LogP contribution is 2.15. The van der Waals surface area contributed by atoms with Crippen LogP contribution in [0.15, 0.2) is 48.5 Å². The van der Waals surface area contributed by atoms with Crippen molar-refractivity contribution in [3.05, 3.63) is 59.9 Å². The number of nitrogens with one attached hydrogen (secondary N) is 1. The van der Waals surface area contributed by atoms with Gasteiger partial charge in [-0.2, -0.15) is 0 Å². The van der Waals surface area contributed by atoms with Crippen LogP contribution in [0.5, 0.6) is 11.5 Å². The predicted molar refractivity (Wildman–Crippen MR) is 140 cm³/mol. The van der Waals surface area contributed by atoms with Crippen molar-refractivity contribution in [1.82, 2.24) is 10.2 Å². The molecule has 0 saturated heterocycles. The van der Waals surface area contributed by atoms with Crippen LogP contribution in [0.25, 0.3) is 0 Å². The molecule has 0 heterocycles. The lowest BCUT2D eigenvalue weighted by Crippen LogP contribution is -2.45. The summed E-state index contributed by atoms with van der Waals surface area (Å²) in [7, 11) is 0. The van der Waals surface area contributed by atoms with E-state index in [9.17, 15) is 19.1 Å². The van der Waals surface area contributed by atoms with Gasteiger partial charge in [-0.1, -0.05) is 32.9 Å². The second-order valence-electron chi connectivity index (χ2n) is 9.84. The number of carboxylic acid groups (broad SMARTS) is 1. The number of halogens is 1. The zero-order valence-electron chi connectivity index (χ0n) is 22.2. The lowest BCUT2D eigenvalue weighted by Gasteiger charge is -2.26. The van der Waals surface area contributed by atoms with Crippen molar-refractivity contribution >= 4 is 12.0 Å². The Hall–Kier alpha value is -3.33. The summed E-state index contributed by atoms with van der Waals surface area (Å²) in [6.07, 6.45) is -0.0194. The van der Waals surface area contributed by atoms with Crippen LogP contribution in [0, 0.1) is 11.2 Å². The molecule has 8 nitrogen and oxygen atoms in total. The molecular formula is C28H39FN2O6. The number of nitrogens with zero attached hydrogens (tertiary/aromatic N) is 1. The van der Waals surface area contributed by atoms with E-state index < -0.39 is 12.1 Å². The molecule has 2 amide bonds. The van der Waals surface area contributed by atoms with Gasteiger partial charge < -0.3 is 29.5 Å². The summed E-state index contributed by atoms with van der Waals surface area (Å²) in [5, 5.41) is 12.2. The molecule has 1 atom stereocenters. The fourth-order valence-electron chi connectivity index (χ4n) is 3.37. The summed E-state index contributed by atoms with van der Waals surface area (Å²) in [4.78, 5) is 25.8. The van der Waals surface area contributed by atoms with Crippen LogP contribution >= 0.6 is 0 Å². The topological polar surface area (TPSA) is 97.3 Å². The van der Waals surface area contributed by atoms with E-state index >= 15 is 0 Å². The Kier molecular flexibility index (Phi) is 12.2. The van der Waals surface area contributed by atoms with E-state index in [1.54, 1.807) is 36.1 Å². The Morgan fingerprint density at radius 1 is 0.973 bits per heavy atom. The van der Waals surface area contributed by atoms with E-state index in [4.69, 9.17) is 14.2 Å². The minimum absolute atomic E-state index is 0.0485. The number of hydrogen-bond donors (Lipinski definition) is 2. The highest BCUT2D eigenvalue weighted by molar-refractivity contribution is 5.74. The predicted octanol–water partition coefficient (Wildman–Crippen LogP) is 4.76. The van der Waals surface area contributed by atoms with Crippen molar-refractivity contribution in [3.63, 3.8) is 0 Å². The summed E-state index contributed by atoms with van der Waals surface area (Å²) >= 11 is 0. The van der Waals surface area contributed by atoms with Gasteiger partial charge in [-0.15, -0.1) is 0 Å². The highest BCUT2D eigenvalue weighted by atomic mass is 19.1. The van der Waals surface area contributed by atoms with Gasteiger partial charge in [0.25, 0.3) is 0 Å². The van der Waals surface area contributed by atoms with Crippen molar-refractivity contribution in [2.75, 3.05) is 39.5 Å². The fourth-order valence-corrected chi connectivity index (χ4v) is 3.37. The molecule has 2 N–H and O–H groups in total. The summed E-state index contributed by atoms with van der Waals surface area (Å²) in [5.74, 6) is -0.108. The first-order valence-corrected chi connectivity index (χ1v) is 12.5. The van der Waals surface area contributed by atoms with Crippen LogP contribution in [0.2, 0.25) is 0 Å². The number of benzene rings is 2. The van der Waals surface area contributed by atoms with Gasteiger partial charge in [0.1, 0.15) is 23.9 Å². The highest BCUT2D eigenvalue weighted by Gasteiger charge is 2.19.